The molecule has 1 fully saturated rings. The Morgan fingerprint density at radius 1 is 1.07 bits per heavy atom. The van der Waals surface area contributed by atoms with Crippen LogP contribution in [0.3, 0.4) is 0 Å². The molecule has 2 aromatic rings. The maximum Gasteiger partial charge on any atom is 0.243 e. The molecule has 8 heteroatoms. The van der Waals surface area contributed by atoms with Gasteiger partial charge in [-0.3, -0.25) is 4.79 Å². The van der Waals surface area contributed by atoms with Crippen LogP contribution in [0.15, 0.2) is 53.4 Å². The number of rotatable bonds is 6. The largest absolute Gasteiger partial charge is 0.378 e. The van der Waals surface area contributed by atoms with Crippen molar-refractivity contribution in [3.8, 4) is 0 Å². The second-order valence-electron chi connectivity index (χ2n) is 7.41. The van der Waals surface area contributed by atoms with E-state index in [1.54, 1.807) is 0 Å². The smallest absolute Gasteiger partial charge is 0.243 e. The molecule has 0 atom stereocenters. The molecule has 1 saturated heterocycles. The summed E-state index contributed by atoms with van der Waals surface area (Å²) in [5, 5.41) is 2.95. The van der Waals surface area contributed by atoms with Gasteiger partial charge >= 0.3 is 0 Å². The average Bonchev–Trinajstić information content (AvgIpc) is 2.72. The van der Waals surface area contributed by atoms with Crippen LogP contribution in [-0.4, -0.2) is 45.8 Å². The van der Waals surface area contributed by atoms with Gasteiger partial charge in [-0.2, -0.15) is 4.31 Å². The number of hydrogen-bond acceptors (Lipinski definition) is 4. The summed E-state index contributed by atoms with van der Waals surface area (Å²) < 4.78 is 39.7. The van der Waals surface area contributed by atoms with Crippen molar-refractivity contribution in [2.45, 2.75) is 24.3 Å². The van der Waals surface area contributed by atoms with Crippen molar-refractivity contribution in [3.63, 3.8) is 0 Å². The molecule has 1 aliphatic rings. The molecular formula is C21H26FN3O3S. The van der Waals surface area contributed by atoms with E-state index >= 15 is 0 Å². The second-order valence-corrected chi connectivity index (χ2v) is 9.35. The first-order chi connectivity index (χ1) is 13.8. The lowest BCUT2D eigenvalue weighted by Crippen LogP contribution is -2.42. The van der Waals surface area contributed by atoms with Gasteiger partial charge in [-0.1, -0.05) is 12.1 Å². The molecular weight excluding hydrogens is 393 g/mol. The van der Waals surface area contributed by atoms with Crippen LogP contribution in [0.25, 0.3) is 0 Å². The molecule has 0 unspecified atom stereocenters. The molecule has 2 aromatic carbocycles. The van der Waals surface area contributed by atoms with Gasteiger partial charge in [-0.05, 0) is 54.8 Å². The summed E-state index contributed by atoms with van der Waals surface area (Å²) in [4.78, 5) is 14.6. The predicted octanol–water partition coefficient (Wildman–Crippen LogP) is 2.61. The fourth-order valence-electron chi connectivity index (χ4n) is 3.36. The molecule has 1 N–H and O–H groups in total. The SMILES string of the molecule is CN(C)c1ccc(CNC(=O)C2CCN(S(=O)(=O)c3ccc(F)cc3)CC2)cc1. The lowest BCUT2D eigenvalue weighted by molar-refractivity contribution is -0.126. The summed E-state index contributed by atoms with van der Waals surface area (Å²) in [6.45, 7) is 0.991. The summed E-state index contributed by atoms with van der Waals surface area (Å²) in [5.41, 5.74) is 2.11. The van der Waals surface area contributed by atoms with E-state index in [2.05, 4.69) is 5.32 Å². The Morgan fingerprint density at radius 3 is 2.21 bits per heavy atom. The number of nitrogens with zero attached hydrogens (tertiary/aromatic N) is 2. The first kappa shape index (κ1) is 21.3. The fraction of sp³-hybridized carbons (Fsp3) is 0.381. The molecule has 0 spiro atoms. The molecule has 156 valence electrons. The topological polar surface area (TPSA) is 69.7 Å². The fourth-order valence-corrected chi connectivity index (χ4v) is 4.83. The highest BCUT2D eigenvalue weighted by atomic mass is 32.2. The molecule has 1 aliphatic heterocycles. The second kappa shape index (κ2) is 8.92. The standard InChI is InChI=1S/C21H26FN3O3S/c1-24(2)19-7-3-16(4-8-19)15-23-21(26)17-11-13-25(14-12-17)29(27,28)20-9-5-18(22)6-10-20/h3-10,17H,11-15H2,1-2H3,(H,23,26). The number of carbonyl (C=O) groups is 1. The lowest BCUT2D eigenvalue weighted by atomic mass is 9.97. The molecule has 3 rings (SSSR count). The molecule has 1 heterocycles. The maximum atomic E-state index is 13.1. The Bertz CT molecular complexity index is 936. The average molecular weight is 420 g/mol. The zero-order chi connectivity index (χ0) is 21.0. The molecule has 0 bridgehead atoms. The van der Waals surface area contributed by atoms with Crippen molar-refractivity contribution in [2.75, 3.05) is 32.1 Å². The van der Waals surface area contributed by atoms with Crippen LogP contribution in [0.2, 0.25) is 0 Å². The number of hydrogen-bond donors (Lipinski definition) is 1. The minimum Gasteiger partial charge on any atom is -0.378 e. The number of anilines is 1. The Hall–Kier alpha value is -2.45. The minimum absolute atomic E-state index is 0.0551. The van der Waals surface area contributed by atoms with Crippen LogP contribution >= 0.6 is 0 Å². The van der Waals surface area contributed by atoms with Crippen LogP contribution in [0, 0.1) is 11.7 Å². The van der Waals surface area contributed by atoms with Gasteiger partial charge in [-0.25, -0.2) is 12.8 Å². The van der Waals surface area contributed by atoms with Gasteiger partial charge in [0, 0.05) is 45.3 Å². The van der Waals surface area contributed by atoms with Crippen molar-refractivity contribution < 1.29 is 17.6 Å². The summed E-state index contributed by atoms with van der Waals surface area (Å²) in [7, 11) is 0.280. The molecule has 0 aromatic heterocycles. The first-order valence-corrected chi connectivity index (χ1v) is 11.0. The van der Waals surface area contributed by atoms with Crippen molar-refractivity contribution in [1.82, 2.24) is 9.62 Å². The van der Waals surface area contributed by atoms with Crippen molar-refractivity contribution in [3.05, 3.63) is 59.9 Å². The Balaban J connectivity index is 1.52. The number of piperidine rings is 1. The molecule has 0 saturated carbocycles. The van der Waals surface area contributed by atoms with E-state index in [-0.39, 0.29) is 29.8 Å². The Morgan fingerprint density at radius 2 is 1.66 bits per heavy atom. The van der Waals surface area contributed by atoms with E-state index < -0.39 is 15.8 Å². The molecule has 0 aliphatic carbocycles. The van der Waals surface area contributed by atoms with Gasteiger partial charge in [0.1, 0.15) is 5.82 Å². The van der Waals surface area contributed by atoms with Crippen molar-refractivity contribution in [1.29, 1.82) is 0 Å². The monoisotopic (exact) mass is 419 g/mol. The van der Waals surface area contributed by atoms with E-state index in [0.29, 0.717) is 19.4 Å². The van der Waals surface area contributed by atoms with Crippen LogP contribution in [-0.2, 0) is 21.4 Å². The zero-order valence-electron chi connectivity index (χ0n) is 16.6. The third-order valence-corrected chi connectivity index (χ3v) is 7.11. The molecule has 6 nitrogen and oxygen atoms in total. The van der Waals surface area contributed by atoms with Crippen LogP contribution in [0.4, 0.5) is 10.1 Å². The van der Waals surface area contributed by atoms with Crippen LogP contribution < -0.4 is 10.2 Å². The third kappa shape index (κ3) is 5.13. The van der Waals surface area contributed by atoms with Gasteiger partial charge < -0.3 is 10.2 Å². The van der Waals surface area contributed by atoms with Gasteiger partial charge in [0.25, 0.3) is 0 Å². The minimum atomic E-state index is -3.66. The van der Waals surface area contributed by atoms with E-state index in [0.717, 1.165) is 23.4 Å². The Kier molecular flexibility index (Phi) is 6.54. The molecule has 1 amide bonds. The summed E-state index contributed by atoms with van der Waals surface area (Å²) in [6.07, 6.45) is 0.928. The number of benzene rings is 2. The van der Waals surface area contributed by atoms with E-state index in [1.165, 1.54) is 16.4 Å². The van der Waals surface area contributed by atoms with Crippen LogP contribution in [0.5, 0.6) is 0 Å². The Labute approximate surface area is 171 Å². The van der Waals surface area contributed by atoms with E-state index in [1.807, 2.05) is 43.3 Å². The van der Waals surface area contributed by atoms with Crippen LogP contribution in [0.1, 0.15) is 18.4 Å². The number of sulfonamides is 1. The van der Waals surface area contributed by atoms with Gasteiger partial charge in [-0.15, -0.1) is 0 Å². The number of nitrogens with one attached hydrogen (secondary N) is 1. The summed E-state index contributed by atoms with van der Waals surface area (Å²) in [5.74, 6) is -0.744. The van der Waals surface area contributed by atoms with Gasteiger partial charge in [0.2, 0.25) is 15.9 Å². The van der Waals surface area contributed by atoms with Crippen molar-refractivity contribution >= 4 is 21.6 Å². The summed E-state index contributed by atoms with van der Waals surface area (Å²) >= 11 is 0. The number of amides is 1. The predicted molar refractivity (Wildman–Crippen MR) is 110 cm³/mol. The van der Waals surface area contributed by atoms with Gasteiger partial charge in [0.05, 0.1) is 4.90 Å². The highest BCUT2D eigenvalue weighted by Gasteiger charge is 2.32. The summed E-state index contributed by atoms with van der Waals surface area (Å²) in [6, 6.07) is 12.8. The quantitative estimate of drug-likeness (QED) is 0.782. The highest BCUT2D eigenvalue weighted by Crippen LogP contribution is 2.24. The molecule has 0 radical (unpaired) electrons. The molecule has 29 heavy (non-hydrogen) atoms. The van der Waals surface area contributed by atoms with Crippen molar-refractivity contribution in [2.24, 2.45) is 5.92 Å². The normalized spacial score (nSPS) is 15.8. The first-order valence-electron chi connectivity index (χ1n) is 9.57. The number of halogens is 1. The van der Waals surface area contributed by atoms with E-state index in [9.17, 15) is 17.6 Å². The zero-order valence-corrected chi connectivity index (χ0v) is 17.5. The third-order valence-electron chi connectivity index (χ3n) is 5.20. The van der Waals surface area contributed by atoms with E-state index in [4.69, 9.17) is 0 Å². The maximum absolute atomic E-state index is 13.1. The lowest BCUT2D eigenvalue weighted by Gasteiger charge is -2.30. The van der Waals surface area contributed by atoms with Gasteiger partial charge in [0.15, 0.2) is 0 Å². The number of carbonyl (C=O) groups excluding carboxylic acids is 1. The highest BCUT2D eigenvalue weighted by molar-refractivity contribution is 7.89.